The fourth-order valence-corrected chi connectivity index (χ4v) is 6.35. The lowest BCUT2D eigenvalue weighted by Crippen LogP contribution is -2.39. The van der Waals surface area contributed by atoms with E-state index in [2.05, 4.69) is 5.09 Å². The average Bonchev–Trinajstić information content (AvgIpc) is 2.02. The first-order valence-electron chi connectivity index (χ1n) is 4.37. The van der Waals surface area contributed by atoms with Crippen LogP contribution in [0.3, 0.4) is 0 Å². The Labute approximate surface area is 88.1 Å². The number of carboxylic acid groups (broad SMARTS) is 1. The number of carbonyl (C=O) groups is 1. The van der Waals surface area contributed by atoms with E-state index >= 15 is 0 Å². The molecule has 1 unspecified atom stereocenters. The zero-order valence-corrected chi connectivity index (χ0v) is 10.0. The maximum atomic E-state index is 10.6. The molecule has 0 aromatic carbocycles. The molecule has 1 rings (SSSR count). The second-order valence-corrected chi connectivity index (χ2v) is 8.64. The Balaban J connectivity index is 2.52. The van der Waals surface area contributed by atoms with Crippen molar-refractivity contribution in [3.8, 4) is 0 Å². The van der Waals surface area contributed by atoms with Crippen LogP contribution in [0.15, 0.2) is 0 Å². The lowest BCUT2D eigenvalue weighted by molar-refractivity contribution is -0.138. The van der Waals surface area contributed by atoms with Gasteiger partial charge in [0.1, 0.15) is 6.04 Å². The Morgan fingerprint density at radius 2 is 2.36 bits per heavy atom. The Hall–Kier alpha value is 0.130. The third kappa shape index (κ3) is 3.37. The van der Waals surface area contributed by atoms with Crippen LogP contribution in [0.4, 0.5) is 0 Å². The first-order chi connectivity index (χ1) is 6.43. The van der Waals surface area contributed by atoms with Gasteiger partial charge in [-0.1, -0.05) is 0 Å². The quantitative estimate of drug-likeness (QED) is 0.621. The second-order valence-electron chi connectivity index (χ2n) is 3.44. The summed E-state index contributed by atoms with van der Waals surface area (Å²) in [6.07, 6.45) is 0.551. The van der Waals surface area contributed by atoms with Crippen LogP contribution in [0.1, 0.15) is 6.92 Å². The fraction of sp³-hybridized carbons (Fsp3) is 0.857. The van der Waals surface area contributed by atoms with E-state index in [0.29, 0.717) is 6.29 Å². The molecule has 7 heteroatoms. The van der Waals surface area contributed by atoms with Crippen molar-refractivity contribution in [3.63, 3.8) is 0 Å². The minimum atomic E-state index is -2.32. The van der Waals surface area contributed by atoms with Crippen LogP contribution in [0.25, 0.3) is 0 Å². The van der Waals surface area contributed by atoms with E-state index in [9.17, 15) is 9.69 Å². The minimum Gasteiger partial charge on any atom is -0.480 e. The van der Waals surface area contributed by atoms with Crippen molar-refractivity contribution in [3.05, 3.63) is 0 Å². The predicted molar refractivity (Wildman–Crippen MR) is 59.3 cm³/mol. The van der Waals surface area contributed by atoms with Crippen molar-refractivity contribution in [1.82, 2.24) is 9.99 Å². The number of nitrogens with one attached hydrogen (secondary N) is 1. The fourth-order valence-electron chi connectivity index (χ4n) is 1.22. The van der Waals surface area contributed by atoms with E-state index in [1.165, 1.54) is 11.4 Å². The van der Waals surface area contributed by atoms with E-state index in [1.807, 2.05) is 11.9 Å². The molecular weight excluding hydrogens is 223 g/mol. The lowest BCUT2D eigenvalue weighted by atomic mass is 10.4. The highest BCUT2D eigenvalue weighted by Gasteiger charge is 2.44. The average molecular weight is 239 g/mol. The van der Waals surface area contributed by atoms with Crippen LogP contribution in [-0.2, 0) is 4.79 Å². The monoisotopic (exact) mass is 239 g/mol. The smallest absolute Gasteiger partial charge is 0.324 e. The molecular formula is C7H16N2O3PS+. The minimum absolute atomic E-state index is 0.551. The van der Waals surface area contributed by atoms with Gasteiger partial charge in [0.25, 0.3) is 6.84 Å². The number of hydrogen-bond acceptors (Lipinski definition) is 5. The molecule has 1 heterocycles. The van der Waals surface area contributed by atoms with Crippen LogP contribution in [0.2, 0.25) is 0 Å². The molecule has 3 N–H and O–H groups in total. The first kappa shape index (κ1) is 12.2. The Morgan fingerprint density at radius 3 is 2.86 bits per heavy atom. The van der Waals surface area contributed by atoms with Gasteiger partial charge in [0.2, 0.25) is 0 Å². The van der Waals surface area contributed by atoms with Gasteiger partial charge in [0.05, 0.1) is 11.4 Å². The molecule has 1 aliphatic rings. The number of nitrogens with zero attached hydrogens (tertiary/aromatic N) is 1. The van der Waals surface area contributed by atoms with Gasteiger partial charge in [-0.2, -0.15) is 0 Å². The summed E-state index contributed by atoms with van der Waals surface area (Å²) in [7, 11) is 1.93. The first-order valence-corrected chi connectivity index (χ1v) is 7.89. The topological polar surface area (TPSA) is 72.8 Å². The van der Waals surface area contributed by atoms with Gasteiger partial charge in [-0.15, -0.1) is 5.09 Å². The predicted octanol–water partition coefficient (Wildman–Crippen LogP) is 0.440. The van der Waals surface area contributed by atoms with Crippen molar-refractivity contribution in [1.29, 1.82) is 0 Å². The van der Waals surface area contributed by atoms with Crippen LogP contribution >= 0.6 is 18.2 Å². The third-order valence-electron chi connectivity index (χ3n) is 1.98. The van der Waals surface area contributed by atoms with E-state index in [1.54, 1.807) is 6.92 Å². The van der Waals surface area contributed by atoms with E-state index in [-0.39, 0.29) is 0 Å². The molecule has 0 saturated carbocycles. The number of rotatable bonds is 3. The lowest BCUT2D eigenvalue weighted by Gasteiger charge is -2.29. The van der Waals surface area contributed by atoms with Crippen LogP contribution in [0.5, 0.6) is 0 Å². The standard InChI is InChI=1S/C7H15N2O3PS/c1-6(7(10)11)8-13(12)5-9(2)3-4-14-13/h6,8,12H,3-5H2,1-2H3/p+1/t6-,13?/m0/s1. The van der Waals surface area contributed by atoms with Gasteiger partial charge in [-0.25, -0.2) is 4.89 Å². The summed E-state index contributed by atoms with van der Waals surface area (Å²) in [4.78, 5) is 22.8. The molecule has 1 fully saturated rings. The van der Waals surface area contributed by atoms with Crippen molar-refractivity contribution in [2.75, 3.05) is 25.6 Å². The molecule has 0 amide bonds. The highest BCUT2D eigenvalue weighted by Crippen LogP contribution is 2.64. The van der Waals surface area contributed by atoms with Gasteiger partial charge >= 0.3 is 5.97 Å². The zero-order chi connectivity index (χ0) is 10.8. The molecule has 0 aromatic heterocycles. The maximum absolute atomic E-state index is 10.6. The molecule has 2 atom stereocenters. The highest BCUT2D eigenvalue weighted by atomic mass is 32.7. The maximum Gasteiger partial charge on any atom is 0.324 e. The molecule has 0 spiro atoms. The van der Waals surface area contributed by atoms with Crippen molar-refractivity contribution >= 4 is 24.2 Å². The second kappa shape index (κ2) is 4.77. The Bertz CT molecular complexity index is 231. The van der Waals surface area contributed by atoms with E-state index < -0.39 is 18.9 Å². The number of hydrogen-bond donors (Lipinski definition) is 3. The molecule has 0 bridgehead atoms. The summed E-state index contributed by atoms with van der Waals surface area (Å²) in [5, 5.41) is 11.5. The number of carboxylic acids is 1. The van der Waals surface area contributed by atoms with Crippen molar-refractivity contribution in [2.45, 2.75) is 13.0 Å². The normalized spacial score (nSPS) is 31.4. The summed E-state index contributed by atoms with van der Waals surface area (Å²) in [6, 6.07) is -0.688. The Morgan fingerprint density at radius 1 is 1.71 bits per heavy atom. The van der Waals surface area contributed by atoms with E-state index in [4.69, 9.17) is 5.11 Å². The summed E-state index contributed by atoms with van der Waals surface area (Å²) in [5.41, 5.74) is 0. The summed E-state index contributed by atoms with van der Waals surface area (Å²) >= 11 is 1.47. The molecule has 82 valence electrons. The van der Waals surface area contributed by atoms with Crippen molar-refractivity contribution in [2.24, 2.45) is 0 Å². The molecule has 5 nitrogen and oxygen atoms in total. The third-order valence-corrected chi connectivity index (χ3v) is 6.92. The molecule has 1 aliphatic heterocycles. The van der Waals surface area contributed by atoms with Gasteiger partial charge in [-0.05, 0) is 14.0 Å². The summed E-state index contributed by atoms with van der Waals surface area (Å²) < 4.78 is 0. The zero-order valence-electron chi connectivity index (χ0n) is 8.30. The van der Waals surface area contributed by atoms with Crippen LogP contribution in [-0.4, -0.2) is 52.5 Å². The van der Waals surface area contributed by atoms with Gasteiger partial charge in [-0.3, -0.25) is 9.69 Å². The molecule has 0 aromatic rings. The summed E-state index contributed by atoms with van der Waals surface area (Å²) in [5.74, 6) is -0.0765. The SMILES string of the molecule is C[C@H](N[P+]1(O)CN(C)CCS1)C(=O)O. The largest absolute Gasteiger partial charge is 0.480 e. The molecule has 0 radical (unpaired) electrons. The summed E-state index contributed by atoms with van der Waals surface area (Å²) in [6.45, 7) is 0.174. The van der Waals surface area contributed by atoms with Gasteiger partial charge < -0.3 is 5.11 Å². The van der Waals surface area contributed by atoms with E-state index in [0.717, 1.165) is 12.3 Å². The molecule has 14 heavy (non-hydrogen) atoms. The Kier molecular flexibility index (Phi) is 4.15. The van der Waals surface area contributed by atoms with Crippen molar-refractivity contribution < 1.29 is 14.8 Å². The van der Waals surface area contributed by atoms with Crippen LogP contribution in [0, 0.1) is 0 Å². The molecule has 0 aliphatic carbocycles. The molecule has 1 saturated heterocycles. The van der Waals surface area contributed by atoms with Gasteiger partial charge in [0, 0.05) is 12.3 Å². The van der Waals surface area contributed by atoms with Crippen LogP contribution < -0.4 is 5.09 Å². The van der Waals surface area contributed by atoms with Gasteiger partial charge in [0.15, 0.2) is 6.29 Å². The number of aliphatic carboxylic acids is 1. The highest BCUT2D eigenvalue weighted by molar-refractivity contribution is 8.60.